The monoisotopic (exact) mass is 410 g/mol. The van der Waals surface area contributed by atoms with E-state index in [1.165, 1.54) is 4.31 Å². The van der Waals surface area contributed by atoms with Crippen molar-refractivity contribution >= 4 is 21.9 Å². The van der Waals surface area contributed by atoms with Gasteiger partial charge < -0.3 is 9.64 Å². The molecule has 1 aromatic carbocycles. The Bertz CT molecular complexity index is 823. The van der Waals surface area contributed by atoms with Crippen LogP contribution in [-0.2, 0) is 24.3 Å². The molecule has 1 unspecified atom stereocenters. The van der Waals surface area contributed by atoms with Crippen molar-refractivity contribution < 1.29 is 22.7 Å². The second-order valence-electron chi connectivity index (χ2n) is 7.18. The number of ether oxygens (including phenoxy) is 1. The third-order valence-corrected chi connectivity index (χ3v) is 7.32. The Kier molecular flexibility index (Phi) is 7.22. The SMILES string of the molecule is CCN(CC)C(=O)COC(=O)C1CCCN1S(=O)(=O)c1c(C)cc(C)cc1C. The van der Waals surface area contributed by atoms with Crippen LogP contribution in [0.4, 0.5) is 0 Å². The number of rotatable bonds is 7. The number of carbonyl (C=O) groups excluding carboxylic acids is 2. The van der Waals surface area contributed by atoms with Gasteiger partial charge in [-0.05, 0) is 58.6 Å². The first-order chi connectivity index (χ1) is 13.1. The van der Waals surface area contributed by atoms with Gasteiger partial charge in [-0.15, -0.1) is 0 Å². The first kappa shape index (κ1) is 22.4. The summed E-state index contributed by atoms with van der Waals surface area (Å²) in [6.07, 6.45) is 0.967. The minimum Gasteiger partial charge on any atom is -0.454 e. The molecule has 1 fully saturated rings. The molecule has 0 radical (unpaired) electrons. The number of aryl methyl sites for hydroxylation is 3. The maximum absolute atomic E-state index is 13.3. The highest BCUT2D eigenvalue weighted by Crippen LogP contribution is 2.31. The molecule has 0 aliphatic carbocycles. The summed E-state index contributed by atoms with van der Waals surface area (Å²) in [5.74, 6) is -0.944. The Morgan fingerprint density at radius 2 is 1.71 bits per heavy atom. The number of hydrogen-bond donors (Lipinski definition) is 0. The van der Waals surface area contributed by atoms with Gasteiger partial charge in [0.05, 0.1) is 4.90 Å². The molecule has 2 rings (SSSR count). The molecule has 28 heavy (non-hydrogen) atoms. The van der Waals surface area contributed by atoms with Crippen LogP contribution < -0.4 is 0 Å². The molecule has 0 aromatic heterocycles. The van der Waals surface area contributed by atoms with Crippen molar-refractivity contribution in [2.24, 2.45) is 0 Å². The van der Waals surface area contributed by atoms with E-state index in [4.69, 9.17) is 4.74 Å². The second kappa shape index (κ2) is 9.05. The molecule has 0 bridgehead atoms. The number of hydrogen-bond acceptors (Lipinski definition) is 5. The van der Waals surface area contributed by atoms with E-state index in [-0.39, 0.29) is 24.0 Å². The van der Waals surface area contributed by atoms with Crippen molar-refractivity contribution in [2.45, 2.75) is 58.4 Å². The summed E-state index contributed by atoms with van der Waals surface area (Å²) >= 11 is 0. The number of esters is 1. The number of nitrogens with zero attached hydrogens (tertiary/aromatic N) is 2. The van der Waals surface area contributed by atoms with Crippen LogP contribution in [-0.4, -0.2) is 61.8 Å². The minimum atomic E-state index is -3.84. The molecule has 0 spiro atoms. The van der Waals surface area contributed by atoms with E-state index in [1.807, 2.05) is 32.9 Å². The van der Waals surface area contributed by atoms with E-state index in [0.29, 0.717) is 37.1 Å². The summed E-state index contributed by atoms with van der Waals surface area (Å²) in [7, 11) is -3.84. The molecule has 1 aliphatic rings. The smallest absolute Gasteiger partial charge is 0.324 e. The molecule has 0 N–H and O–H groups in total. The maximum Gasteiger partial charge on any atom is 0.324 e. The molecular formula is C20H30N2O5S. The standard InChI is InChI=1S/C20H30N2O5S/c1-6-21(7-2)18(23)13-27-20(24)17-9-8-10-22(17)28(25,26)19-15(4)11-14(3)12-16(19)5/h11-12,17H,6-10,13H2,1-5H3. The van der Waals surface area contributed by atoms with Gasteiger partial charge in [0.15, 0.2) is 6.61 Å². The molecule has 7 nitrogen and oxygen atoms in total. The molecular weight excluding hydrogens is 380 g/mol. The number of benzene rings is 1. The number of amides is 1. The van der Waals surface area contributed by atoms with Crippen molar-refractivity contribution in [3.63, 3.8) is 0 Å². The lowest BCUT2D eigenvalue weighted by atomic mass is 10.1. The fraction of sp³-hybridized carbons (Fsp3) is 0.600. The molecule has 1 aliphatic heterocycles. The van der Waals surface area contributed by atoms with Gasteiger partial charge in [0.1, 0.15) is 6.04 Å². The number of carbonyl (C=O) groups is 2. The van der Waals surface area contributed by atoms with Crippen LogP contribution in [0, 0.1) is 20.8 Å². The first-order valence-corrected chi connectivity index (χ1v) is 11.1. The quantitative estimate of drug-likeness (QED) is 0.643. The van der Waals surface area contributed by atoms with Gasteiger partial charge in [-0.25, -0.2) is 8.42 Å². The van der Waals surface area contributed by atoms with Crippen LogP contribution in [0.1, 0.15) is 43.4 Å². The molecule has 8 heteroatoms. The van der Waals surface area contributed by atoms with E-state index in [2.05, 4.69) is 0 Å². The Hall–Kier alpha value is -1.93. The highest BCUT2D eigenvalue weighted by atomic mass is 32.2. The maximum atomic E-state index is 13.3. The molecule has 1 heterocycles. The minimum absolute atomic E-state index is 0.247. The molecule has 1 saturated heterocycles. The predicted octanol–water partition coefficient (Wildman–Crippen LogP) is 2.18. The highest BCUT2D eigenvalue weighted by Gasteiger charge is 2.41. The fourth-order valence-electron chi connectivity index (χ4n) is 3.85. The van der Waals surface area contributed by atoms with E-state index in [1.54, 1.807) is 18.7 Å². The van der Waals surface area contributed by atoms with Crippen molar-refractivity contribution in [1.29, 1.82) is 0 Å². The van der Waals surface area contributed by atoms with E-state index >= 15 is 0 Å². The summed E-state index contributed by atoms with van der Waals surface area (Å²) in [5.41, 5.74) is 2.31. The molecule has 1 atom stereocenters. The zero-order valence-electron chi connectivity index (χ0n) is 17.3. The van der Waals surface area contributed by atoms with Crippen molar-refractivity contribution in [1.82, 2.24) is 9.21 Å². The predicted molar refractivity (Wildman–Crippen MR) is 106 cm³/mol. The number of sulfonamides is 1. The zero-order chi connectivity index (χ0) is 21.1. The topological polar surface area (TPSA) is 84.0 Å². The average molecular weight is 411 g/mol. The van der Waals surface area contributed by atoms with Crippen LogP contribution >= 0.6 is 0 Å². The van der Waals surface area contributed by atoms with E-state index in [9.17, 15) is 18.0 Å². The molecule has 1 amide bonds. The third kappa shape index (κ3) is 4.55. The second-order valence-corrected chi connectivity index (χ2v) is 9.00. The fourth-order valence-corrected chi connectivity index (χ4v) is 5.91. The molecule has 1 aromatic rings. The van der Waals surface area contributed by atoms with Gasteiger partial charge in [0, 0.05) is 19.6 Å². The molecule has 156 valence electrons. The average Bonchev–Trinajstić information content (AvgIpc) is 3.10. The number of likely N-dealkylation sites (N-methyl/N-ethyl adjacent to an activating group) is 1. The highest BCUT2D eigenvalue weighted by molar-refractivity contribution is 7.89. The van der Waals surface area contributed by atoms with Crippen LogP contribution in [0.15, 0.2) is 17.0 Å². The van der Waals surface area contributed by atoms with Crippen molar-refractivity contribution in [2.75, 3.05) is 26.2 Å². The zero-order valence-corrected chi connectivity index (χ0v) is 18.1. The Morgan fingerprint density at radius 1 is 1.14 bits per heavy atom. The Labute approximate surface area is 167 Å². The lowest BCUT2D eigenvalue weighted by Crippen LogP contribution is -2.43. The van der Waals surface area contributed by atoms with Gasteiger partial charge >= 0.3 is 5.97 Å². The van der Waals surface area contributed by atoms with Crippen LogP contribution in [0.5, 0.6) is 0 Å². The summed E-state index contributed by atoms with van der Waals surface area (Å²) in [6.45, 7) is 10.1. The normalized spacial score (nSPS) is 17.5. The van der Waals surface area contributed by atoms with E-state index < -0.39 is 22.0 Å². The summed E-state index contributed by atoms with van der Waals surface area (Å²) in [4.78, 5) is 26.4. The van der Waals surface area contributed by atoms with Crippen LogP contribution in [0.3, 0.4) is 0 Å². The van der Waals surface area contributed by atoms with Gasteiger partial charge in [0.25, 0.3) is 5.91 Å². The van der Waals surface area contributed by atoms with Crippen molar-refractivity contribution in [3.8, 4) is 0 Å². The summed E-state index contributed by atoms with van der Waals surface area (Å²) in [5, 5.41) is 0. The lowest BCUT2D eigenvalue weighted by Gasteiger charge is -2.25. The summed E-state index contributed by atoms with van der Waals surface area (Å²) in [6, 6.07) is 2.76. The lowest BCUT2D eigenvalue weighted by molar-refractivity contribution is -0.154. The first-order valence-electron chi connectivity index (χ1n) is 9.67. The van der Waals surface area contributed by atoms with E-state index in [0.717, 1.165) is 5.56 Å². The third-order valence-electron chi connectivity index (χ3n) is 5.10. The Balaban J connectivity index is 2.20. The van der Waals surface area contributed by atoms with Crippen LogP contribution in [0.2, 0.25) is 0 Å². The summed E-state index contributed by atoms with van der Waals surface area (Å²) < 4.78 is 33.0. The van der Waals surface area contributed by atoms with Gasteiger partial charge in [-0.1, -0.05) is 17.7 Å². The van der Waals surface area contributed by atoms with Gasteiger partial charge in [-0.3, -0.25) is 9.59 Å². The van der Waals surface area contributed by atoms with Crippen LogP contribution in [0.25, 0.3) is 0 Å². The van der Waals surface area contributed by atoms with Crippen molar-refractivity contribution in [3.05, 3.63) is 28.8 Å². The van der Waals surface area contributed by atoms with Gasteiger partial charge in [-0.2, -0.15) is 4.31 Å². The molecule has 0 saturated carbocycles. The Morgan fingerprint density at radius 3 is 2.25 bits per heavy atom. The van der Waals surface area contributed by atoms with Gasteiger partial charge in [0.2, 0.25) is 10.0 Å². The largest absolute Gasteiger partial charge is 0.454 e.